The normalized spacial score (nSPS) is 10.8. The van der Waals surface area contributed by atoms with Crippen molar-refractivity contribution in [3.63, 3.8) is 0 Å². The van der Waals surface area contributed by atoms with Gasteiger partial charge in [-0.05, 0) is 25.5 Å². The van der Waals surface area contributed by atoms with Crippen molar-refractivity contribution in [3.8, 4) is 0 Å². The summed E-state index contributed by atoms with van der Waals surface area (Å²) in [7, 11) is 0. The van der Waals surface area contributed by atoms with Crippen LogP contribution in [0, 0.1) is 13.8 Å². The molecule has 4 heteroatoms. The van der Waals surface area contributed by atoms with E-state index in [1.54, 1.807) is 0 Å². The largest absolute Gasteiger partial charge is 0.367 e. The number of hydrogen-bond acceptors (Lipinski definition) is 2. The highest BCUT2D eigenvalue weighted by Gasteiger charge is 2.04. The van der Waals surface area contributed by atoms with Crippen molar-refractivity contribution in [1.29, 1.82) is 0 Å². The van der Waals surface area contributed by atoms with Gasteiger partial charge in [0.25, 0.3) is 0 Å². The fraction of sp³-hybridized carbons (Fsp3) is 0.364. The van der Waals surface area contributed by atoms with Gasteiger partial charge in [-0.2, -0.15) is 5.10 Å². The van der Waals surface area contributed by atoms with Gasteiger partial charge in [0.15, 0.2) is 0 Å². The molecular weight excluding hydrogens is 188 g/mol. The molecule has 0 saturated heterocycles. The van der Waals surface area contributed by atoms with E-state index in [-0.39, 0.29) is 0 Å². The highest BCUT2D eigenvalue weighted by atomic mass is 15.1. The molecule has 0 atom stereocenters. The SMILES string of the molecule is Cc1n[nH]c(C)c1CNCc1cc[nH]c1. The smallest absolute Gasteiger partial charge is 0.0638 e. The number of aromatic nitrogens is 3. The number of hydrogen-bond donors (Lipinski definition) is 3. The molecule has 0 amide bonds. The summed E-state index contributed by atoms with van der Waals surface area (Å²) in [5.41, 5.74) is 4.77. The van der Waals surface area contributed by atoms with Crippen molar-refractivity contribution in [1.82, 2.24) is 20.5 Å². The molecular formula is C11H16N4. The standard InChI is InChI=1S/C11H16N4/c1-8-11(9(2)15-14-8)7-13-6-10-3-4-12-5-10/h3-5,12-13H,6-7H2,1-2H3,(H,14,15). The highest BCUT2D eigenvalue weighted by Crippen LogP contribution is 2.08. The third-order valence-corrected chi connectivity index (χ3v) is 2.57. The van der Waals surface area contributed by atoms with Crippen molar-refractivity contribution in [2.45, 2.75) is 26.9 Å². The predicted molar refractivity (Wildman–Crippen MR) is 59.4 cm³/mol. The van der Waals surface area contributed by atoms with Gasteiger partial charge in [-0.1, -0.05) is 0 Å². The molecule has 0 radical (unpaired) electrons. The second-order valence-electron chi connectivity index (χ2n) is 3.74. The first-order chi connectivity index (χ1) is 7.27. The Bertz CT molecular complexity index is 394. The van der Waals surface area contributed by atoms with Gasteiger partial charge in [0.1, 0.15) is 0 Å². The lowest BCUT2D eigenvalue weighted by atomic mass is 10.2. The van der Waals surface area contributed by atoms with Crippen LogP contribution in [0.15, 0.2) is 18.5 Å². The van der Waals surface area contributed by atoms with Crippen LogP contribution in [-0.4, -0.2) is 15.2 Å². The van der Waals surface area contributed by atoms with Crippen LogP contribution in [0.2, 0.25) is 0 Å². The Morgan fingerprint density at radius 3 is 2.80 bits per heavy atom. The molecule has 0 bridgehead atoms. The molecule has 0 fully saturated rings. The maximum Gasteiger partial charge on any atom is 0.0638 e. The van der Waals surface area contributed by atoms with E-state index in [9.17, 15) is 0 Å². The zero-order valence-corrected chi connectivity index (χ0v) is 9.09. The molecule has 4 nitrogen and oxygen atoms in total. The van der Waals surface area contributed by atoms with E-state index in [0.29, 0.717) is 0 Å². The van der Waals surface area contributed by atoms with Crippen molar-refractivity contribution in [2.24, 2.45) is 0 Å². The molecule has 2 aromatic heterocycles. The van der Waals surface area contributed by atoms with Gasteiger partial charge in [-0.3, -0.25) is 5.10 Å². The van der Waals surface area contributed by atoms with Gasteiger partial charge in [0, 0.05) is 36.7 Å². The summed E-state index contributed by atoms with van der Waals surface area (Å²) in [6.07, 6.45) is 3.94. The third-order valence-electron chi connectivity index (χ3n) is 2.57. The van der Waals surface area contributed by atoms with E-state index in [0.717, 1.165) is 24.5 Å². The van der Waals surface area contributed by atoms with Crippen molar-refractivity contribution in [2.75, 3.05) is 0 Å². The first-order valence-electron chi connectivity index (χ1n) is 5.10. The van der Waals surface area contributed by atoms with Crippen molar-refractivity contribution >= 4 is 0 Å². The van der Waals surface area contributed by atoms with Crippen LogP contribution < -0.4 is 5.32 Å². The lowest BCUT2D eigenvalue weighted by molar-refractivity contribution is 0.689. The average Bonchev–Trinajstić information content (AvgIpc) is 2.82. The van der Waals surface area contributed by atoms with Crippen LogP contribution in [0.3, 0.4) is 0 Å². The minimum absolute atomic E-state index is 0.860. The Hall–Kier alpha value is -1.55. The topological polar surface area (TPSA) is 56.5 Å². The van der Waals surface area contributed by atoms with Gasteiger partial charge in [0.05, 0.1) is 5.69 Å². The fourth-order valence-electron chi connectivity index (χ4n) is 1.63. The minimum Gasteiger partial charge on any atom is -0.367 e. The van der Waals surface area contributed by atoms with E-state index < -0.39 is 0 Å². The molecule has 0 unspecified atom stereocenters. The van der Waals surface area contributed by atoms with Crippen LogP contribution >= 0.6 is 0 Å². The van der Waals surface area contributed by atoms with E-state index in [2.05, 4.69) is 26.6 Å². The molecule has 0 saturated carbocycles. The van der Waals surface area contributed by atoms with Crippen LogP contribution in [0.1, 0.15) is 22.5 Å². The summed E-state index contributed by atoms with van der Waals surface area (Å²) in [4.78, 5) is 3.04. The molecule has 15 heavy (non-hydrogen) atoms. The Labute approximate surface area is 89.1 Å². The zero-order valence-electron chi connectivity index (χ0n) is 9.09. The van der Waals surface area contributed by atoms with Gasteiger partial charge in [-0.15, -0.1) is 0 Å². The summed E-state index contributed by atoms with van der Waals surface area (Å²) in [6, 6.07) is 2.07. The predicted octanol–water partition coefficient (Wildman–Crippen LogP) is 1.64. The van der Waals surface area contributed by atoms with E-state index in [4.69, 9.17) is 0 Å². The second-order valence-corrected chi connectivity index (χ2v) is 3.74. The van der Waals surface area contributed by atoms with Crippen LogP contribution in [0.5, 0.6) is 0 Å². The van der Waals surface area contributed by atoms with Crippen LogP contribution in [0.25, 0.3) is 0 Å². The van der Waals surface area contributed by atoms with Gasteiger partial charge in [0.2, 0.25) is 0 Å². The Morgan fingerprint density at radius 2 is 2.20 bits per heavy atom. The number of nitrogens with one attached hydrogen (secondary N) is 3. The summed E-state index contributed by atoms with van der Waals surface area (Å²) in [5, 5.41) is 10.5. The fourth-order valence-corrected chi connectivity index (χ4v) is 1.63. The quantitative estimate of drug-likeness (QED) is 0.709. The molecule has 2 rings (SSSR count). The lowest BCUT2D eigenvalue weighted by Crippen LogP contribution is -2.13. The molecule has 0 aliphatic carbocycles. The van der Waals surface area contributed by atoms with Gasteiger partial charge < -0.3 is 10.3 Å². The number of aryl methyl sites for hydroxylation is 2. The molecule has 0 aliphatic rings. The summed E-state index contributed by atoms with van der Waals surface area (Å²) < 4.78 is 0. The zero-order chi connectivity index (χ0) is 10.7. The van der Waals surface area contributed by atoms with Crippen molar-refractivity contribution in [3.05, 3.63) is 41.0 Å². The molecule has 0 aromatic carbocycles. The van der Waals surface area contributed by atoms with E-state index in [1.807, 2.05) is 26.2 Å². The Kier molecular flexibility index (Phi) is 2.87. The number of H-pyrrole nitrogens is 2. The monoisotopic (exact) mass is 204 g/mol. The molecule has 3 N–H and O–H groups in total. The Balaban J connectivity index is 1.89. The maximum atomic E-state index is 4.16. The number of rotatable bonds is 4. The maximum absolute atomic E-state index is 4.16. The minimum atomic E-state index is 0.860. The van der Waals surface area contributed by atoms with E-state index in [1.165, 1.54) is 11.1 Å². The molecule has 0 spiro atoms. The first kappa shape index (κ1) is 9.98. The third kappa shape index (κ3) is 2.27. The van der Waals surface area contributed by atoms with Crippen LogP contribution in [-0.2, 0) is 13.1 Å². The van der Waals surface area contributed by atoms with Gasteiger partial charge in [-0.25, -0.2) is 0 Å². The summed E-state index contributed by atoms with van der Waals surface area (Å²) in [5.74, 6) is 0. The summed E-state index contributed by atoms with van der Waals surface area (Å²) in [6.45, 7) is 5.82. The second kappa shape index (κ2) is 4.31. The molecule has 2 heterocycles. The highest BCUT2D eigenvalue weighted by molar-refractivity contribution is 5.22. The number of aromatic amines is 2. The van der Waals surface area contributed by atoms with Crippen LogP contribution in [0.4, 0.5) is 0 Å². The van der Waals surface area contributed by atoms with E-state index >= 15 is 0 Å². The summed E-state index contributed by atoms with van der Waals surface area (Å²) >= 11 is 0. The lowest BCUT2D eigenvalue weighted by Gasteiger charge is -2.03. The molecule has 2 aromatic rings. The molecule has 0 aliphatic heterocycles. The number of nitrogens with zero attached hydrogens (tertiary/aromatic N) is 1. The van der Waals surface area contributed by atoms with Crippen molar-refractivity contribution < 1.29 is 0 Å². The average molecular weight is 204 g/mol. The Morgan fingerprint density at radius 1 is 1.33 bits per heavy atom. The first-order valence-corrected chi connectivity index (χ1v) is 5.10. The van der Waals surface area contributed by atoms with Gasteiger partial charge >= 0.3 is 0 Å². The molecule has 80 valence electrons.